The predicted molar refractivity (Wildman–Crippen MR) is 136 cm³/mol. The highest BCUT2D eigenvalue weighted by atomic mass is 32.1. The number of nitrogens with zero attached hydrogens (tertiary/aromatic N) is 4. The van der Waals surface area contributed by atoms with Crippen LogP contribution in [0.4, 0.5) is 0 Å². The minimum atomic E-state index is -0.0196. The van der Waals surface area contributed by atoms with Crippen molar-refractivity contribution in [3.05, 3.63) is 93.6 Å². The SMILES string of the molecule is CN(Cc1ccccc1)C(=O)c1nn(C)c2c1C[C@H](NCc1nc(-c3ccccc3)cs1)CC2. The zero-order valence-corrected chi connectivity index (χ0v) is 20.4. The second-order valence-corrected chi connectivity index (χ2v) is 9.80. The summed E-state index contributed by atoms with van der Waals surface area (Å²) in [6, 6.07) is 20.6. The standard InChI is InChI=1S/C27H29N5OS/c1-31(17-19-9-5-3-6-10-19)27(33)26-22-15-21(13-14-24(22)32(2)30-26)28-16-25-29-23(18-34-25)20-11-7-4-8-12-20/h3-12,18,21,28H,13-17H2,1-2H3/t21-/m1/s1. The van der Waals surface area contributed by atoms with Crippen LogP contribution in [0.3, 0.4) is 0 Å². The van der Waals surface area contributed by atoms with Gasteiger partial charge in [0, 0.05) is 55.4 Å². The second kappa shape index (κ2) is 9.91. The minimum Gasteiger partial charge on any atom is -0.336 e. The van der Waals surface area contributed by atoms with Crippen LogP contribution in [-0.2, 0) is 33.0 Å². The molecule has 6 nitrogen and oxygen atoms in total. The zero-order valence-electron chi connectivity index (χ0n) is 19.6. The van der Waals surface area contributed by atoms with Gasteiger partial charge in [-0.1, -0.05) is 60.7 Å². The van der Waals surface area contributed by atoms with Gasteiger partial charge in [-0.15, -0.1) is 11.3 Å². The number of rotatable bonds is 7. The summed E-state index contributed by atoms with van der Waals surface area (Å²) >= 11 is 1.68. The number of thiazole rings is 1. The highest BCUT2D eigenvalue weighted by molar-refractivity contribution is 7.09. The fourth-order valence-corrected chi connectivity index (χ4v) is 5.36. The number of carbonyl (C=O) groups excluding carboxylic acids is 1. The van der Waals surface area contributed by atoms with Crippen molar-refractivity contribution in [2.45, 2.75) is 38.4 Å². The van der Waals surface area contributed by atoms with Gasteiger partial charge in [0.2, 0.25) is 0 Å². The molecular weight excluding hydrogens is 442 g/mol. The quantitative estimate of drug-likeness (QED) is 0.432. The number of aromatic nitrogens is 3. The Balaban J connectivity index is 1.25. The van der Waals surface area contributed by atoms with Gasteiger partial charge in [-0.3, -0.25) is 9.48 Å². The molecule has 2 heterocycles. The van der Waals surface area contributed by atoms with Gasteiger partial charge in [-0.2, -0.15) is 5.10 Å². The Labute approximate surface area is 204 Å². The van der Waals surface area contributed by atoms with Gasteiger partial charge < -0.3 is 10.2 Å². The van der Waals surface area contributed by atoms with Crippen molar-refractivity contribution in [1.29, 1.82) is 0 Å². The highest BCUT2D eigenvalue weighted by Gasteiger charge is 2.29. The maximum absolute atomic E-state index is 13.3. The smallest absolute Gasteiger partial charge is 0.274 e. The van der Waals surface area contributed by atoms with Crippen LogP contribution in [0.15, 0.2) is 66.0 Å². The van der Waals surface area contributed by atoms with E-state index >= 15 is 0 Å². The highest BCUT2D eigenvalue weighted by Crippen LogP contribution is 2.26. The van der Waals surface area contributed by atoms with Gasteiger partial charge >= 0.3 is 0 Å². The van der Waals surface area contributed by atoms with Crippen LogP contribution in [-0.4, -0.2) is 38.7 Å². The summed E-state index contributed by atoms with van der Waals surface area (Å²) in [5, 5.41) is 11.5. The van der Waals surface area contributed by atoms with E-state index in [1.54, 1.807) is 16.2 Å². The molecular formula is C27H29N5OS. The molecule has 0 unspecified atom stereocenters. The first-order valence-electron chi connectivity index (χ1n) is 11.7. The molecule has 34 heavy (non-hydrogen) atoms. The van der Waals surface area contributed by atoms with E-state index in [4.69, 9.17) is 4.98 Å². The summed E-state index contributed by atoms with van der Waals surface area (Å²) in [4.78, 5) is 19.8. The third-order valence-electron chi connectivity index (χ3n) is 6.43. The van der Waals surface area contributed by atoms with Crippen molar-refractivity contribution < 1.29 is 4.79 Å². The van der Waals surface area contributed by atoms with E-state index in [1.165, 1.54) is 5.69 Å². The van der Waals surface area contributed by atoms with Crippen LogP contribution < -0.4 is 5.32 Å². The lowest BCUT2D eigenvalue weighted by Crippen LogP contribution is -2.35. The molecule has 0 saturated heterocycles. The second-order valence-electron chi connectivity index (χ2n) is 8.86. The maximum atomic E-state index is 13.3. The summed E-state index contributed by atoms with van der Waals surface area (Å²) in [5.41, 5.74) is 6.12. The molecule has 174 valence electrons. The summed E-state index contributed by atoms with van der Waals surface area (Å²) in [6.07, 6.45) is 2.75. The van der Waals surface area contributed by atoms with Crippen molar-refractivity contribution in [1.82, 2.24) is 25.0 Å². The Morgan fingerprint density at radius 1 is 1.15 bits per heavy atom. The fraction of sp³-hybridized carbons (Fsp3) is 0.296. The molecule has 4 aromatic rings. The molecule has 1 atom stereocenters. The molecule has 0 fully saturated rings. The van der Waals surface area contributed by atoms with E-state index in [1.807, 2.05) is 67.3 Å². The average molecular weight is 472 g/mol. The van der Waals surface area contributed by atoms with Crippen molar-refractivity contribution in [3.63, 3.8) is 0 Å². The number of aryl methyl sites for hydroxylation is 1. The van der Waals surface area contributed by atoms with Crippen LogP contribution in [0, 0.1) is 0 Å². The summed E-state index contributed by atoms with van der Waals surface area (Å²) < 4.78 is 1.89. The minimum absolute atomic E-state index is 0.0196. The van der Waals surface area contributed by atoms with Crippen LogP contribution in [0.5, 0.6) is 0 Å². The Bertz CT molecular complexity index is 1260. The third-order valence-corrected chi connectivity index (χ3v) is 7.28. The number of fused-ring (bicyclic) bond motifs is 1. The van der Waals surface area contributed by atoms with E-state index in [0.29, 0.717) is 18.3 Å². The molecule has 5 rings (SSSR count). The van der Waals surface area contributed by atoms with Crippen LogP contribution in [0.2, 0.25) is 0 Å². The summed E-state index contributed by atoms with van der Waals surface area (Å²) in [6.45, 7) is 1.30. The molecule has 0 spiro atoms. The van der Waals surface area contributed by atoms with Gasteiger partial charge in [-0.25, -0.2) is 4.98 Å². The number of carbonyl (C=O) groups is 1. The molecule has 1 aliphatic rings. The van der Waals surface area contributed by atoms with Crippen molar-refractivity contribution >= 4 is 17.2 Å². The fourth-order valence-electron chi connectivity index (χ4n) is 4.61. The first-order valence-corrected chi connectivity index (χ1v) is 12.5. The lowest BCUT2D eigenvalue weighted by atomic mass is 9.91. The van der Waals surface area contributed by atoms with Crippen molar-refractivity contribution in [2.24, 2.45) is 7.05 Å². The molecule has 1 amide bonds. The molecule has 0 radical (unpaired) electrons. The first-order chi connectivity index (χ1) is 16.6. The lowest BCUT2D eigenvalue weighted by molar-refractivity contribution is 0.0777. The molecule has 0 aliphatic heterocycles. The number of hydrogen-bond donors (Lipinski definition) is 1. The Morgan fingerprint density at radius 2 is 1.88 bits per heavy atom. The third kappa shape index (κ3) is 4.81. The predicted octanol–water partition coefficient (Wildman–Crippen LogP) is 4.46. The zero-order chi connectivity index (χ0) is 23.5. The van der Waals surface area contributed by atoms with Gasteiger partial charge in [0.25, 0.3) is 5.91 Å². The monoisotopic (exact) mass is 471 g/mol. The summed E-state index contributed by atoms with van der Waals surface area (Å²) in [5.74, 6) is -0.0196. The van der Waals surface area contributed by atoms with E-state index in [9.17, 15) is 4.79 Å². The molecule has 1 aliphatic carbocycles. The van der Waals surface area contributed by atoms with Crippen molar-refractivity contribution in [2.75, 3.05) is 7.05 Å². The lowest BCUT2D eigenvalue weighted by Gasteiger charge is -2.24. The largest absolute Gasteiger partial charge is 0.336 e. The van der Waals surface area contributed by atoms with Gasteiger partial charge in [0.15, 0.2) is 5.69 Å². The molecule has 7 heteroatoms. The maximum Gasteiger partial charge on any atom is 0.274 e. The molecule has 2 aromatic heterocycles. The topological polar surface area (TPSA) is 63.1 Å². The van der Waals surface area contributed by atoms with Gasteiger partial charge in [0.1, 0.15) is 5.01 Å². The Hall–Kier alpha value is -3.29. The molecule has 0 bridgehead atoms. The van der Waals surface area contributed by atoms with Gasteiger partial charge in [-0.05, 0) is 24.8 Å². The van der Waals surface area contributed by atoms with E-state index in [2.05, 4.69) is 27.9 Å². The normalized spacial score (nSPS) is 15.2. The molecule has 0 saturated carbocycles. The number of hydrogen-bond acceptors (Lipinski definition) is 5. The Morgan fingerprint density at radius 3 is 2.65 bits per heavy atom. The summed E-state index contributed by atoms with van der Waals surface area (Å²) in [7, 11) is 3.79. The van der Waals surface area contributed by atoms with Crippen LogP contribution >= 0.6 is 11.3 Å². The number of benzene rings is 2. The average Bonchev–Trinajstić information content (AvgIpc) is 3.48. The van der Waals surface area contributed by atoms with E-state index in [0.717, 1.165) is 53.2 Å². The van der Waals surface area contributed by atoms with E-state index < -0.39 is 0 Å². The van der Waals surface area contributed by atoms with Crippen molar-refractivity contribution in [3.8, 4) is 11.3 Å². The molecule has 2 aromatic carbocycles. The van der Waals surface area contributed by atoms with Crippen LogP contribution in [0.25, 0.3) is 11.3 Å². The van der Waals surface area contributed by atoms with E-state index in [-0.39, 0.29) is 5.91 Å². The Kier molecular flexibility index (Phi) is 6.56. The number of amides is 1. The molecule has 1 N–H and O–H groups in total. The van der Waals surface area contributed by atoms with Crippen LogP contribution in [0.1, 0.15) is 38.7 Å². The van der Waals surface area contributed by atoms with Gasteiger partial charge in [0.05, 0.1) is 5.69 Å². The number of nitrogens with one attached hydrogen (secondary N) is 1. The first kappa shape index (κ1) is 22.5.